The minimum atomic E-state index is -0.485. The molecule has 0 amide bonds. The van der Waals surface area contributed by atoms with Crippen LogP contribution in [0.4, 0.5) is 11.4 Å². The van der Waals surface area contributed by atoms with Crippen LogP contribution in [0, 0.1) is 0 Å². The lowest BCUT2D eigenvalue weighted by Crippen LogP contribution is -2.27. The van der Waals surface area contributed by atoms with E-state index in [0.29, 0.717) is 36.5 Å². The van der Waals surface area contributed by atoms with Crippen LogP contribution in [0.3, 0.4) is 0 Å². The third-order valence-corrected chi connectivity index (χ3v) is 7.16. The van der Waals surface area contributed by atoms with Crippen molar-refractivity contribution in [1.82, 2.24) is 0 Å². The number of para-hydroxylation sites is 2. The van der Waals surface area contributed by atoms with Gasteiger partial charge in [-0.15, -0.1) is 0 Å². The first-order valence-electron chi connectivity index (χ1n) is 12.2. The molecule has 0 unspecified atom stereocenters. The van der Waals surface area contributed by atoms with E-state index in [4.69, 9.17) is 25.8 Å². The van der Waals surface area contributed by atoms with Gasteiger partial charge in [0.15, 0.2) is 28.8 Å². The van der Waals surface area contributed by atoms with E-state index in [9.17, 15) is 9.90 Å². The second kappa shape index (κ2) is 10.3. The minimum Gasteiger partial charge on any atom is -0.503 e. The number of hydrogen-bond donors (Lipinski definition) is 3. The van der Waals surface area contributed by atoms with Crippen LogP contribution in [-0.2, 0) is 4.79 Å². The van der Waals surface area contributed by atoms with E-state index in [1.165, 1.54) is 7.11 Å². The van der Waals surface area contributed by atoms with Crippen LogP contribution in [-0.4, -0.2) is 31.7 Å². The standard InChI is InChI=1S/C29H29ClN2O5/c1-4-37-24-10-9-16(14-25(24)35-2)17-12-22-27(23(33)13-17)28(32-21-8-6-5-7-20(21)31-22)18-11-19(30)29(34)26(15-18)36-3/h5-11,14-15,17,28,31-32,34H,4,12-13H2,1-3H3/t17-,28+/m1/s1. The number of carbonyl (C=O) groups excluding carboxylic acids is 1. The highest BCUT2D eigenvalue weighted by atomic mass is 35.5. The van der Waals surface area contributed by atoms with Gasteiger partial charge in [-0.25, -0.2) is 0 Å². The van der Waals surface area contributed by atoms with Gasteiger partial charge in [-0.1, -0.05) is 29.8 Å². The number of rotatable bonds is 6. The summed E-state index contributed by atoms with van der Waals surface area (Å²) in [5.41, 5.74) is 4.97. The van der Waals surface area contributed by atoms with Crippen LogP contribution in [0.1, 0.15) is 42.9 Å². The van der Waals surface area contributed by atoms with Crippen LogP contribution >= 0.6 is 11.6 Å². The number of Topliss-reactive ketones (excluding diaryl/α,β-unsaturated/α-hetero) is 1. The number of fused-ring (bicyclic) bond motifs is 1. The zero-order valence-electron chi connectivity index (χ0n) is 20.9. The smallest absolute Gasteiger partial charge is 0.176 e. The number of carbonyl (C=O) groups is 1. The number of aromatic hydroxyl groups is 1. The second-order valence-corrected chi connectivity index (χ2v) is 9.47. The van der Waals surface area contributed by atoms with Crippen LogP contribution in [0.2, 0.25) is 5.02 Å². The molecule has 1 aliphatic carbocycles. The Balaban J connectivity index is 1.59. The number of methoxy groups -OCH3 is 2. The summed E-state index contributed by atoms with van der Waals surface area (Å²) in [4.78, 5) is 13.8. The van der Waals surface area contributed by atoms with Gasteiger partial charge in [0.2, 0.25) is 0 Å². The predicted molar refractivity (Wildman–Crippen MR) is 144 cm³/mol. The Morgan fingerprint density at radius 1 is 0.946 bits per heavy atom. The molecule has 0 bridgehead atoms. The average molecular weight is 521 g/mol. The fraction of sp³-hybridized carbons (Fsp3) is 0.276. The molecule has 2 aliphatic rings. The molecule has 0 saturated carbocycles. The molecule has 192 valence electrons. The number of phenolic OH excluding ortho intramolecular Hbond substituents is 1. The van der Waals surface area contributed by atoms with Crippen molar-refractivity contribution in [2.24, 2.45) is 0 Å². The first-order chi connectivity index (χ1) is 17.9. The molecule has 2 atom stereocenters. The van der Waals surface area contributed by atoms with Crippen molar-refractivity contribution in [2.75, 3.05) is 31.5 Å². The van der Waals surface area contributed by atoms with Crippen LogP contribution < -0.4 is 24.8 Å². The van der Waals surface area contributed by atoms with Gasteiger partial charge in [-0.3, -0.25) is 4.79 Å². The lowest BCUT2D eigenvalue weighted by atomic mass is 9.78. The maximum absolute atomic E-state index is 13.8. The number of allylic oxidation sites excluding steroid dienone is 1. The number of halogens is 1. The topological polar surface area (TPSA) is 89.1 Å². The van der Waals surface area contributed by atoms with Gasteiger partial charge in [0, 0.05) is 17.7 Å². The van der Waals surface area contributed by atoms with Crippen molar-refractivity contribution in [3.8, 4) is 23.0 Å². The molecule has 7 nitrogen and oxygen atoms in total. The van der Waals surface area contributed by atoms with Crippen LogP contribution in [0.15, 0.2) is 65.9 Å². The zero-order chi connectivity index (χ0) is 26.1. The molecule has 3 aromatic rings. The first kappa shape index (κ1) is 24.8. The summed E-state index contributed by atoms with van der Waals surface area (Å²) < 4.78 is 16.6. The summed E-state index contributed by atoms with van der Waals surface area (Å²) in [6.07, 6.45) is 0.975. The van der Waals surface area contributed by atoms with Crippen molar-refractivity contribution in [2.45, 2.75) is 31.7 Å². The Hall–Kier alpha value is -3.84. The lowest BCUT2D eigenvalue weighted by molar-refractivity contribution is -0.116. The maximum Gasteiger partial charge on any atom is 0.176 e. The van der Waals surface area contributed by atoms with E-state index in [0.717, 1.165) is 28.2 Å². The largest absolute Gasteiger partial charge is 0.503 e. The minimum absolute atomic E-state index is 0.0278. The number of hydrogen-bond acceptors (Lipinski definition) is 7. The molecule has 8 heteroatoms. The Morgan fingerprint density at radius 2 is 1.68 bits per heavy atom. The van der Waals surface area contributed by atoms with Crippen molar-refractivity contribution in [1.29, 1.82) is 0 Å². The van der Waals surface area contributed by atoms with Crippen molar-refractivity contribution < 1.29 is 24.1 Å². The number of phenols is 1. The summed E-state index contributed by atoms with van der Waals surface area (Å²) >= 11 is 6.34. The van der Waals surface area contributed by atoms with Gasteiger partial charge in [0.1, 0.15) is 0 Å². The highest BCUT2D eigenvalue weighted by molar-refractivity contribution is 6.32. The van der Waals surface area contributed by atoms with Gasteiger partial charge in [0.25, 0.3) is 0 Å². The third-order valence-electron chi connectivity index (χ3n) is 6.87. The van der Waals surface area contributed by atoms with E-state index in [2.05, 4.69) is 10.6 Å². The Morgan fingerprint density at radius 3 is 2.41 bits per heavy atom. The molecule has 0 aromatic heterocycles. The van der Waals surface area contributed by atoms with Crippen LogP contribution in [0.5, 0.6) is 23.0 Å². The molecular weight excluding hydrogens is 492 g/mol. The normalized spacial score (nSPS) is 18.6. The van der Waals surface area contributed by atoms with Crippen molar-refractivity contribution in [3.63, 3.8) is 0 Å². The number of ether oxygens (including phenoxy) is 3. The Labute approximate surface area is 221 Å². The quantitative estimate of drug-likeness (QED) is 0.344. The molecule has 5 rings (SSSR count). The highest BCUT2D eigenvalue weighted by Gasteiger charge is 2.36. The van der Waals surface area contributed by atoms with Gasteiger partial charge >= 0.3 is 0 Å². The van der Waals surface area contributed by atoms with E-state index in [1.54, 1.807) is 19.2 Å². The predicted octanol–water partition coefficient (Wildman–Crippen LogP) is 6.44. The SMILES string of the molecule is CCOc1ccc([C@H]2CC(=O)C3=C(C2)Nc2ccccc2N[C@H]3c2cc(Cl)c(O)c(OC)c2)cc1OC. The van der Waals surface area contributed by atoms with Gasteiger partial charge in [-0.05, 0) is 66.8 Å². The molecule has 3 N–H and O–H groups in total. The summed E-state index contributed by atoms with van der Waals surface area (Å²) in [6.45, 7) is 2.47. The van der Waals surface area contributed by atoms with Gasteiger partial charge in [0.05, 0.1) is 43.3 Å². The average Bonchev–Trinajstić information content (AvgIpc) is 3.07. The number of anilines is 2. The molecule has 3 aromatic carbocycles. The van der Waals surface area contributed by atoms with Crippen LogP contribution in [0.25, 0.3) is 0 Å². The van der Waals surface area contributed by atoms with Gasteiger partial charge in [-0.2, -0.15) is 0 Å². The molecule has 1 heterocycles. The Bertz CT molecular complexity index is 1390. The molecule has 0 radical (unpaired) electrons. The Kier molecular flexibility index (Phi) is 6.89. The summed E-state index contributed by atoms with van der Waals surface area (Å²) in [5, 5.41) is 17.5. The fourth-order valence-corrected chi connectivity index (χ4v) is 5.33. The summed E-state index contributed by atoms with van der Waals surface area (Å²) in [6, 6.07) is 16.6. The zero-order valence-corrected chi connectivity index (χ0v) is 21.7. The van der Waals surface area contributed by atoms with E-state index in [1.807, 2.05) is 49.4 Å². The molecule has 0 fully saturated rings. The fourth-order valence-electron chi connectivity index (χ4n) is 5.11. The highest BCUT2D eigenvalue weighted by Crippen LogP contribution is 2.47. The molecule has 1 aliphatic heterocycles. The van der Waals surface area contributed by atoms with E-state index in [-0.39, 0.29) is 28.2 Å². The number of benzene rings is 3. The van der Waals surface area contributed by atoms with Crippen molar-refractivity contribution in [3.05, 3.63) is 82.0 Å². The van der Waals surface area contributed by atoms with E-state index >= 15 is 0 Å². The van der Waals surface area contributed by atoms with E-state index < -0.39 is 6.04 Å². The van der Waals surface area contributed by atoms with Crippen molar-refractivity contribution >= 4 is 28.8 Å². The monoisotopic (exact) mass is 520 g/mol. The molecular formula is C29H29ClN2O5. The molecule has 0 saturated heterocycles. The molecule has 0 spiro atoms. The lowest BCUT2D eigenvalue weighted by Gasteiger charge is -2.30. The third kappa shape index (κ3) is 4.67. The summed E-state index contributed by atoms with van der Waals surface area (Å²) in [5.74, 6) is 1.44. The maximum atomic E-state index is 13.8. The van der Waals surface area contributed by atoms with Gasteiger partial charge < -0.3 is 30.0 Å². The second-order valence-electron chi connectivity index (χ2n) is 9.07. The first-order valence-corrected chi connectivity index (χ1v) is 12.6. The number of nitrogens with one attached hydrogen (secondary N) is 2. The molecule has 37 heavy (non-hydrogen) atoms. The summed E-state index contributed by atoms with van der Waals surface area (Å²) in [7, 11) is 3.09. The number of ketones is 1.